The second-order valence-electron chi connectivity index (χ2n) is 4.96. The molecule has 0 fully saturated rings. The first-order chi connectivity index (χ1) is 12.4. The molecule has 0 radical (unpaired) electrons. The number of nitrogens with zero attached hydrogens (tertiary/aromatic N) is 2. The monoisotopic (exact) mass is 420 g/mol. The first-order valence-corrected chi connectivity index (χ1v) is 8.00. The van der Waals surface area contributed by atoms with Gasteiger partial charge in [-0.25, -0.2) is 5.43 Å². The van der Waals surface area contributed by atoms with E-state index in [-0.39, 0.29) is 6.54 Å². The molecule has 0 atom stereocenters. The fourth-order valence-electron chi connectivity index (χ4n) is 1.89. The zero-order valence-electron chi connectivity index (χ0n) is 13.2. The molecule has 0 bridgehead atoms. The Morgan fingerprint density at radius 1 is 1.27 bits per heavy atom. The Morgan fingerprint density at radius 2 is 2.00 bits per heavy atom. The molecular formula is C16H13BrN4O5. The molecule has 134 valence electrons. The average molecular weight is 421 g/mol. The van der Waals surface area contributed by atoms with Gasteiger partial charge in [0, 0.05) is 16.1 Å². The number of phenolic OH excluding ortho intramolecular Hbond substituents is 1. The molecule has 0 heterocycles. The van der Waals surface area contributed by atoms with Gasteiger partial charge < -0.3 is 10.4 Å². The summed E-state index contributed by atoms with van der Waals surface area (Å²) in [6, 6.07) is 10.4. The molecule has 0 aliphatic carbocycles. The zero-order chi connectivity index (χ0) is 19.1. The number of hydrazone groups is 1. The van der Waals surface area contributed by atoms with Gasteiger partial charge in [-0.1, -0.05) is 12.1 Å². The molecule has 9 nitrogen and oxygen atoms in total. The molecular weight excluding hydrogens is 408 g/mol. The maximum absolute atomic E-state index is 12.0. The molecule has 2 rings (SSSR count). The number of halogens is 1. The Balaban J connectivity index is 1.88. The number of nitro groups is 1. The summed E-state index contributed by atoms with van der Waals surface area (Å²) in [6.07, 6.45) is 1.18. The van der Waals surface area contributed by atoms with Gasteiger partial charge in [-0.05, 0) is 40.2 Å². The number of carbonyl (C=O) groups excluding carboxylic acids is 2. The van der Waals surface area contributed by atoms with Gasteiger partial charge in [0.05, 0.1) is 23.2 Å². The second kappa shape index (κ2) is 8.72. The highest BCUT2D eigenvalue weighted by Crippen LogP contribution is 2.25. The van der Waals surface area contributed by atoms with Crippen molar-refractivity contribution in [2.75, 3.05) is 6.54 Å². The zero-order valence-corrected chi connectivity index (χ0v) is 14.8. The van der Waals surface area contributed by atoms with E-state index in [2.05, 4.69) is 31.8 Å². The molecule has 0 aliphatic heterocycles. The van der Waals surface area contributed by atoms with Crippen LogP contribution in [0.15, 0.2) is 52.0 Å². The van der Waals surface area contributed by atoms with Crippen molar-refractivity contribution < 1.29 is 19.6 Å². The molecule has 0 aliphatic rings. The minimum absolute atomic E-state index is 0.298. The Morgan fingerprint density at radius 3 is 2.69 bits per heavy atom. The maximum atomic E-state index is 12.0. The topological polar surface area (TPSA) is 134 Å². The van der Waals surface area contributed by atoms with Crippen LogP contribution in [-0.2, 0) is 4.79 Å². The minimum Gasteiger partial charge on any atom is -0.502 e. The van der Waals surface area contributed by atoms with Crippen LogP contribution in [0.4, 0.5) is 5.69 Å². The van der Waals surface area contributed by atoms with E-state index in [4.69, 9.17) is 0 Å². The molecule has 0 saturated heterocycles. The standard InChI is InChI=1S/C16H13BrN4O5/c17-12-4-2-1-3-11(12)16(24)18-9-15(23)20-19-8-10-5-6-14(22)13(7-10)21(25)26/h1-8,22H,9H2,(H,18,24)(H,20,23). The van der Waals surface area contributed by atoms with E-state index >= 15 is 0 Å². The summed E-state index contributed by atoms with van der Waals surface area (Å²) in [6.45, 7) is -0.298. The summed E-state index contributed by atoms with van der Waals surface area (Å²) < 4.78 is 0.602. The Hall–Kier alpha value is -3.27. The van der Waals surface area contributed by atoms with Gasteiger partial charge in [0.15, 0.2) is 5.75 Å². The number of aromatic hydroxyl groups is 1. The van der Waals surface area contributed by atoms with Crippen LogP contribution in [0.5, 0.6) is 5.75 Å². The molecule has 26 heavy (non-hydrogen) atoms. The van der Waals surface area contributed by atoms with Crippen molar-refractivity contribution in [2.24, 2.45) is 5.10 Å². The summed E-state index contributed by atoms with van der Waals surface area (Å²) in [5, 5.41) is 26.2. The van der Waals surface area contributed by atoms with Crippen LogP contribution >= 0.6 is 15.9 Å². The molecule has 2 aromatic rings. The number of hydrogen-bond donors (Lipinski definition) is 3. The van der Waals surface area contributed by atoms with Crippen LogP contribution in [0.3, 0.4) is 0 Å². The number of phenols is 1. The van der Waals surface area contributed by atoms with Gasteiger partial charge in [0.1, 0.15) is 0 Å². The van der Waals surface area contributed by atoms with Crippen molar-refractivity contribution >= 4 is 39.6 Å². The van der Waals surface area contributed by atoms with Gasteiger partial charge in [0.2, 0.25) is 0 Å². The smallest absolute Gasteiger partial charge is 0.311 e. The lowest BCUT2D eigenvalue weighted by Gasteiger charge is -2.05. The van der Waals surface area contributed by atoms with Crippen LogP contribution in [0.25, 0.3) is 0 Å². The number of rotatable bonds is 6. The average Bonchev–Trinajstić information content (AvgIpc) is 2.61. The van der Waals surface area contributed by atoms with E-state index in [1.54, 1.807) is 24.3 Å². The van der Waals surface area contributed by atoms with Crippen molar-refractivity contribution in [1.82, 2.24) is 10.7 Å². The Bertz CT molecular complexity index is 885. The summed E-state index contributed by atoms with van der Waals surface area (Å²) in [5.41, 5.74) is 2.42. The van der Waals surface area contributed by atoms with Crippen molar-refractivity contribution in [1.29, 1.82) is 0 Å². The lowest BCUT2D eigenvalue weighted by atomic mass is 10.2. The highest BCUT2D eigenvalue weighted by atomic mass is 79.9. The van der Waals surface area contributed by atoms with Crippen LogP contribution in [0, 0.1) is 10.1 Å². The molecule has 0 saturated carbocycles. The lowest BCUT2D eigenvalue weighted by molar-refractivity contribution is -0.385. The third-order valence-corrected chi connectivity index (χ3v) is 3.82. The number of nitro benzene ring substituents is 1. The largest absolute Gasteiger partial charge is 0.502 e. The van der Waals surface area contributed by atoms with Crippen molar-refractivity contribution in [3.05, 3.63) is 68.2 Å². The lowest BCUT2D eigenvalue weighted by Crippen LogP contribution is -2.35. The first kappa shape index (κ1) is 19.1. The molecule has 2 aromatic carbocycles. The van der Waals surface area contributed by atoms with Gasteiger partial charge in [-0.3, -0.25) is 19.7 Å². The number of nitrogens with one attached hydrogen (secondary N) is 2. The predicted octanol–water partition coefficient (Wildman–Crippen LogP) is 1.94. The van der Waals surface area contributed by atoms with Gasteiger partial charge in [0.25, 0.3) is 11.8 Å². The quantitative estimate of drug-likeness (QED) is 0.372. The Labute approximate surface area is 156 Å². The van der Waals surface area contributed by atoms with Crippen LogP contribution in [-0.4, -0.2) is 34.6 Å². The maximum Gasteiger partial charge on any atom is 0.311 e. The third kappa shape index (κ3) is 5.11. The van der Waals surface area contributed by atoms with Gasteiger partial charge in [-0.15, -0.1) is 0 Å². The molecule has 0 unspecified atom stereocenters. The van der Waals surface area contributed by atoms with E-state index in [9.17, 15) is 24.8 Å². The van der Waals surface area contributed by atoms with E-state index < -0.39 is 28.2 Å². The third-order valence-electron chi connectivity index (χ3n) is 3.13. The van der Waals surface area contributed by atoms with Crippen LogP contribution in [0.1, 0.15) is 15.9 Å². The SMILES string of the molecule is O=C(CNC(=O)c1ccccc1Br)NN=Cc1ccc(O)c([N+](=O)[O-])c1. The van der Waals surface area contributed by atoms with Gasteiger partial charge in [-0.2, -0.15) is 5.10 Å². The molecule has 0 aromatic heterocycles. The number of benzene rings is 2. The van der Waals surface area contributed by atoms with Crippen LogP contribution in [0.2, 0.25) is 0 Å². The Kier molecular flexibility index (Phi) is 6.39. The number of hydrogen-bond acceptors (Lipinski definition) is 6. The normalized spacial score (nSPS) is 10.5. The van der Waals surface area contributed by atoms with Crippen molar-refractivity contribution in [3.8, 4) is 5.75 Å². The van der Waals surface area contributed by atoms with E-state index in [1.165, 1.54) is 12.3 Å². The van der Waals surface area contributed by atoms with Gasteiger partial charge >= 0.3 is 5.69 Å². The molecule has 0 spiro atoms. The van der Waals surface area contributed by atoms with Crippen molar-refractivity contribution in [2.45, 2.75) is 0 Å². The predicted molar refractivity (Wildman–Crippen MR) is 97.0 cm³/mol. The van der Waals surface area contributed by atoms with E-state index in [0.717, 1.165) is 12.1 Å². The number of amides is 2. The highest BCUT2D eigenvalue weighted by molar-refractivity contribution is 9.10. The molecule has 3 N–H and O–H groups in total. The fraction of sp³-hybridized carbons (Fsp3) is 0.0625. The molecule has 10 heteroatoms. The summed E-state index contributed by atoms with van der Waals surface area (Å²) in [7, 11) is 0. The molecule has 2 amide bonds. The van der Waals surface area contributed by atoms with E-state index in [1.807, 2.05) is 0 Å². The minimum atomic E-state index is -0.734. The second-order valence-corrected chi connectivity index (χ2v) is 5.82. The fourth-order valence-corrected chi connectivity index (χ4v) is 2.35. The van der Waals surface area contributed by atoms with Crippen LogP contribution < -0.4 is 10.7 Å². The summed E-state index contributed by atoms with van der Waals surface area (Å²) in [4.78, 5) is 33.6. The first-order valence-electron chi connectivity index (χ1n) is 7.20. The van der Waals surface area contributed by atoms with E-state index in [0.29, 0.717) is 15.6 Å². The highest BCUT2D eigenvalue weighted by Gasteiger charge is 2.13. The van der Waals surface area contributed by atoms with Crippen molar-refractivity contribution in [3.63, 3.8) is 0 Å². The summed E-state index contributed by atoms with van der Waals surface area (Å²) in [5.74, 6) is -1.47. The summed E-state index contributed by atoms with van der Waals surface area (Å²) >= 11 is 3.24. The number of carbonyl (C=O) groups is 2.